The number of carbonyl (C=O) groups excluding carboxylic acids is 1. The molecule has 1 aliphatic heterocycles. The molecule has 8 nitrogen and oxygen atoms in total. The van der Waals surface area contributed by atoms with Crippen molar-refractivity contribution in [2.24, 2.45) is 0 Å². The van der Waals surface area contributed by atoms with Crippen LogP contribution >= 0.6 is 0 Å². The van der Waals surface area contributed by atoms with E-state index in [9.17, 15) is 4.79 Å². The van der Waals surface area contributed by atoms with Gasteiger partial charge in [-0.2, -0.15) is 0 Å². The van der Waals surface area contributed by atoms with Gasteiger partial charge in [0.05, 0.1) is 11.3 Å². The van der Waals surface area contributed by atoms with E-state index in [1.807, 2.05) is 25.1 Å². The highest BCUT2D eigenvalue weighted by Gasteiger charge is 2.14. The average molecular weight is 385 g/mol. The first-order valence-electron chi connectivity index (χ1n) is 9.57. The van der Waals surface area contributed by atoms with Crippen molar-refractivity contribution >= 4 is 11.9 Å². The van der Waals surface area contributed by atoms with Crippen LogP contribution < -0.4 is 20.1 Å². The number of fused-ring (bicyclic) bond motifs is 1. The van der Waals surface area contributed by atoms with Gasteiger partial charge in [-0.15, -0.1) is 0 Å². The number of amides is 1. The normalized spacial score (nSPS) is 12.3. The Morgan fingerprint density at radius 2 is 2.00 bits per heavy atom. The van der Waals surface area contributed by atoms with Gasteiger partial charge in [-0.1, -0.05) is 19.9 Å². The molecule has 0 radical (unpaired) electrons. The van der Waals surface area contributed by atoms with Crippen molar-refractivity contribution < 1.29 is 14.3 Å². The molecule has 0 spiro atoms. The van der Waals surface area contributed by atoms with E-state index in [-0.39, 0.29) is 12.7 Å². The smallest absolute Gasteiger partial charge is 0.254 e. The molecule has 0 unspecified atom stereocenters. The molecule has 150 valence electrons. The molecule has 0 bridgehead atoms. The molecular formula is C20H27N5O3. The van der Waals surface area contributed by atoms with Crippen LogP contribution in [0.4, 0.5) is 5.95 Å². The molecule has 0 fully saturated rings. The van der Waals surface area contributed by atoms with Crippen LogP contribution in [0.25, 0.3) is 0 Å². The molecule has 8 heteroatoms. The molecule has 1 aliphatic rings. The summed E-state index contributed by atoms with van der Waals surface area (Å²) in [5, 5.41) is 6.11. The summed E-state index contributed by atoms with van der Waals surface area (Å²) in [6, 6.07) is 5.78. The van der Waals surface area contributed by atoms with Crippen LogP contribution in [-0.4, -0.2) is 53.7 Å². The Labute approximate surface area is 165 Å². The van der Waals surface area contributed by atoms with Gasteiger partial charge in [-0.05, 0) is 37.7 Å². The summed E-state index contributed by atoms with van der Waals surface area (Å²) in [5.41, 5.74) is 2.17. The highest BCUT2D eigenvalue weighted by Crippen LogP contribution is 2.32. The van der Waals surface area contributed by atoms with Crippen LogP contribution in [0.2, 0.25) is 0 Å². The fourth-order valence-corrected chi connectivity index (χ4v) is 2.97. The quantitative estimate of drug-likeness (QED) is 0.684. The zero-order chi connectivity index (χ0) is 19.9. The molecule has 0 saturated carbocycles. The Balaban J connectivity index is 1.54. The molecule has 28 heavy (non-hydrogen) atoms. The highest BCUT2D eigenvalue weighted by molar-refractivity contribution is 5.94. The second-order valence-corrected chi connectivity index (χ2v) is 6.52. The number of hydrogen-bond donors (Lipinski definition) is 2. The fourth-order valence-electron chi connectivity index (χ4n) is 2.97. The predicted molar refractivity (Wildman–Crippen MR) is 107 cm³/mol. The van der Waals surface area contributed by atoms with Gasteiger partial charge in [0.1, 0.15) is 0 Å². The third kappa shape index (κ3) is 4.89. The largest absolute Gasteiger partial charge is 0.454 e. The highest BCUT2D eigenvalue weighted by atomic mass is 16.7. The number of hydrogen-bond acceptors (Lipinski definition) is 7. The van der Waals surface area contributed by atoms with Crippen molar-refractivity contribution in [3.8, 4) is 11.5 Å². The van der Waals surface area contributed by atoms with Gasteiger partial charge in [0.2, 0.25) is 12.7 Å². The first-order valence-corrected chi connectivity index (χ1v) is 9.57. The van der Waals surface area contributed by atoms with Crippen molar-refractivity contribution in [2.45, 2.75) is 27.3 Å². The third-order valence-electron chi connectivity index (χ3n) is 4.72. The Morgan fingerprint density at radius 3 is 2.75 bits per heavy atom. The lowest BCUT2D eigenvalue weighted by atomic mass is 10.2. The van der Waals surface area contributed by atoms with E-state index in [1.54, 1.807) is 6.20 Å². The molecule has 1 aromatic carbocycles. The Bertz CT molecular complexity index is 823. The number of likely N-dealkylation sites (N-methyl/N-ethyl adjacent to an activating group) is 1. The van der Waals surface area contributed by atoms with E-state index in [4.69, 9.17) is 9.47 Å². The van der Waals surface area contributed by atoms with Crippen LogP contribution in [-0.2, 0) is 6.54 Å². The summed E-state index contributed by atoms with van der Waals surface area (Å²) in [4.78, 5) is 23.3. The zero-order valence-corrected chi connectivity index (χ0v) is 16.6. The first kappa shape index (κ1) is 19.9. The minimum absolute atomic E-state index is 0.146. The van der Waals surface area contributed by atoms with Crippen molar-refractivity contribution in [3.05, 3.63) is 41.2 Å². The number of benzene rings is 1. The maximum atomic E-state index is 12.4. The zero-order valence-electron chi connectivity index (χ0n) is 16.6. The third-order valence-corrected chi connectivity index (χ3v) is 4.72. The molecule has 0 aliphatic carbocycles. The second-order valence-electron chi connectivity index (χ2n) is 6.52. The van der Waals surface area contributed by atoms with Crippen molar-refractivity contribution in [3.63, 3.8) is 0 Å². The number of nitrogens with one attached hydrogen (secondary N) is 2. The minimum Gasteiger partial charge on any atom is -0.454 e. The number of aryl methyl sites for hydroxylation is 1. The molecular weight excluding hydrogens is 358 g/mol. The maximum absolute atomic E-state index is 12.4. The summed E-state index contributed by atoms with van der Waals surface area (Å²) < 4.78 is 10.7. The van der Waals surface area contributed by atoms with E-state index >= 15 is 0 Å². The van der Waals surface area contributed by atoms with Gasteiger partial charge in [0.15, 0.2) is 11.5 Å². The Hall–Kier alpha value is -2.87. The molecule has 0 atom stereocenters. The second kappa shape index (κ2) is 9.36. The lowest BCUT2D eigenvalue weighted by Gasteiger charge is -2.18. The van der Waals surface area contributed by atoms with Crippen LogP contribution in [0.3, 0.4) is 0 Å². The van der Waals surface area contributed by atoms with Crippen molar-refractivity contribution in [1.82, 2.24) is 20.2 Å². The number of rotatable bonds is 9. The fraction of sp³-hybridized carbons (Fsp3) is 0.450. The lowest BCUT2D eigenvalue weighted by molar-refractivity contribution is 0.0947. The van der Waals surface area contributed by atoms with Gasteiger partial charge in [-0.25, -0.2) is 9.97 Å². The topological polar surface area (TPSA) is 88.6 Å². The summed E-state index contributed by atoms with van der Waals surface area (Å²) in [5.74, 6) is 1.84. The van der Waals surface area contributed by atoms with Gasteiger partial charge < -0.3 is 25.0 Å². The summed E-state index contributed by atoms with van der Waals surface area (Å²) in [6.07, 6.45) is 1.57. The average Bonchev–Trinajstić information content (AvgIpc) is 3.17. The molecule has 2 N–H and O–H groups in total. The SMILES string of the molecule is CCN(CC)CCNC(=O)c1cnc(NCc2ccc3c(c2)OCO3)nc1C. The van der Waals surface area contributed by atoms with Gasteiger partial charge in [-0.3, -0.25) is 4.79 Å². The summed E-state index contributed by atoms with van der Waals surface area (Å²) in [6.45, 7) is 10.2. The molecule has 3 rings (SSSR count). The monoisotopic (exact) mass is 385 g/mol. The Morgan fingerprint density at radius 1 is 1.21 bits per heavy atom. The van der Waals surface area contributed by atoms with E-state index in [0.29, 0.717) is 30.3 Å². The summed E-state index contributed by atoms with van der Waals surface area (Å²) in [7, 11) is 0. The number of aromatic nitrogens is 2. The van der Waals surface area contributed by atoms with Gasteiger partial charge in [0, 0.05) is 25.8 Å². The Kier molecular flexibility index (Phi) is 6.65. The maximum Gasteiger partial charge on any atom is 0.254 e. The minimum atomic E-state index is -0.146. The van der Waals surface area contributed by atoms with Crippen LogP contribution in [0.15, 0.2) is 24.4 Å². The van der Waals surface area contributed by atoms with E-state index in [0.717, 1.165) is 36.7 Å². The number of nitrogens with zero attached hydrogens (tertiary/aromatic N) is 3. The van der Waals surface area contributed by atoms with Crippen LogP contribution in [0.1, 0.15) is 35.5 Å². The van der Waals surface area contributed by atoms with Gasteiger partial charge in [0.25, 0.3) is 5.91 Å². The first-order chi connectivity index (χ1) is 13.6. The molecule has 0 saturated heterocycles. The standard InChI is InChI=1S/C20H27N5O3/c1-4-25(5-2)9-8-21-19(26)16-12-23-20(24-14(16)3)22-11-15-6-7-17-18(10-15)28-13-27-17/h6-7,10,12H,4-5,8-9,11,13H2,1-3H3,(H,21,26)(H,22,23,24). The van der Waals surface area contributed by atoms with E-state index in [2.05, 4.69) is 39.3 Å². The number of anilines is 1. The molecule has 2 heterocycles. The number of carbonyl (C=O) groups is 1. The van der Waals surface area contributed by atoms with E-state index in [1.165, 1.54) is 0 Å². The van der Waals surface area contributed by atoms with Gasteiger partial charge >= 0.3 is 0 Å². The van der Waals surface area contributed by atoms with E-state index < -0.39 is 0 Å². The lowest BCUT2D eigenvalue weighted by Crippen LogP contribution is -2.35. The predicted octanol–water partition coefficient (Wildman–Crippen LogP) is 2.20. The van der Waals surface area contributed by atoms with Crippen LogP contribution in [0.5, 0.6) is 11.5 Å². The number of ether oxygens (including phenoxy) is 2. The molecule has 2 aromatic rings. The molecule has 1 aromatic heterocycles. The molecule has 1 amide bonds. The van der Waals surface area contributed by atoms with Crippen LogP contribution in [0, 0.1) is 6.92 Å². The van der Waals surface area contributed by atoms with Crippen molar-refractivity contribution in [2.75, 3.05) is 38.3 Å². The van der Waals surface area contributed by atoms with Crippen molar-refractivity contribution in [1.29, 1.82) is 0 Å². The summed E-state index contributed by atoms with van der Waals surface area (Å²) >= 11 is 0.